The van der Waals surface area contributed by atoms with E-state index in [-0.39, 0.29) is 25.7 Å². The third-order valence-corrected chi connectivity index (χ3v) is 19.4. The molecular formula is C75H146O17P2. The monoisotopic (exact) mass is 1380 g/mol. The maximum absolute atomic E-state index is 13.1. The van der Waals surface area contributed by atoms with Crippen molar-refractivity contribution in [3.63, 3.8) is 0 Å². The number of carbonyl (C=O) groups excluding carboxylic acids is 4. The SMILES string of the molecule is CCCCCCCCCCCCCCCCCCCC(=O)O[C@H](COC(=O)CCCCCCCCCCCCCCCC(C)C)COP(=O)(O)OC[C@@H](O)COP(=O)(O)OC[C@@H](COC(=O)CCCCCCCCCCC)OC(=O)CCCCCCCCCCCC(C)C. The molecule has 0 saturated heterocycles. The van der Waals surface area contributed by atoms with Crippen LogP contribution in [0.15, 0.2) is 0 Å². The second kappa shape index (κ2) is 66.9. The molecule has 0 radical (unpaired) electrons. The Morgan fingerprint density at radius 1 is 0.287 bits per heavy atom. The van der Waals surface area contributed by atoms with Gasteiger partial charge in [0, 0.05) is 25.7 Å². The second-order valence-electron chi connectivity index (χ2n) is 28.0. The van der Waals surface area contributed by atoms with Crippen molar-refractivity contribution in [2.45, 2.75) is 407 Å². The highest BCUT2D eigenvalue weighted by atomic mass is 31.2. The minimum Gasteiger partial charge on any atom is -0.462 e. The molecule has 0 rings (SSSR count). The average Bonchev–Trinajstić information content (AvgIpc) is 1.25. The van der Waals surface area contributed by atoms with Crippen LogP contribution in [0.2, 0.25) is 0 Å². The van der Waals surface area contributed by atoms with E-state index in [2.05, 4.69) is 41.5 Å². The quantitative estimate of drug-likeness (QED) is 0.0222. The second-order valence-corrected chi connectivity index (χ2v) is 30.9. The van der Waals surface area contributed by atoms with Crippen LogP contribution < -0.4 is 0 Å². The van der Waals surface area contributed by atoms with Crippen LogP contribution >= 0.6 is 15.6 Å². The first-order valence-electron chi connectivity index (χ1n) is 39.0. The largest absolute Gasteiger partial charge is 0.472 e. The average molecular weight is 1380 g/mol. The first-order chi connectivity index (χ1) is 45.4. The van der Waals surface area contributed by atoms with Crippen LogP contribution in [0.4, 0.5) is 0 Å². The summed E-state index contributed by atoms with van der Waals surface area (Å²) in [5, 5.41) is 10.6. The van der Waals surface area contributed by atoms with Gasteiger partial charge in [-0.1, -0.05) is 337 Å². The van der Waals surface area contributed by atoms with Gasteiger partial charge >= 0.3 is 39.5 Å². The van der Waals surface area contributed by atoms with Crippen LogP contribution in [-0.2, 0) is 65.4 Å². The van der Waals surface area contributed by atoms with Gasteiger partial charge < -0.3 is 33.8 Å². The molecule has 0 spiro atoms. The van der Waals surface area contributed by atoms with Crippen LogP contribution in [0, 0.1) is 11.8 Å². The lowest BCUT2D eigenvalue weighted by Gasteiger charge is -2.21. The van der Waals surface area contributed by atoms with Gasteiger partial charge in [0.05, 0.1) is 26.4 Å². The van der Waals surface area contributed by atoms with Gasteiger partial charge in [-0.15, -0.1) is 0 Å². The first-order valence-corrected chi connectivity index (χ1v) is 42.0. The number of rotatable bonds is 74. The molecule has 0 aromatic carbocycles. The molecule has 0 aromatic heterocycles. The summed E-state index contributed by atoms with van der Waals surface area (Å²) in [5.74, 6) is -0.590. The van der Waals surface area contributed by atoms with E-state index in [0.717, 1.165) is 102 Å². The van der Waals surface area contributed by atoms with Gasteiger partial charge in [-0.25, -0.2) is 9.13 Å². The zero-order chi connectivity index (χ0) is 69.3. The number of esters is 4. The predicted molar refractivity (Wildman–Crippen MR) is 381 cm³/mol. The molecule has 17 nitrogen and oxygen atoms in total. The summed E-state index contributed by atoms with van der Waals surface area (Å²) < 4.78 is 68.5. The van der Waals surface area contributed by atoms with Crippen molar-refractivity contribution in [3.8, 4) is 0 Å². The summed E-state index contributed by atoms with van der Waals surface area (Å²) in [7, 11) is -9.91. The molecule has 0 bridgehead atoms. The van der Waals surface area contributed by atoms with Crippen molar-refractivity contribution < 1.29 is 80.2 Å². The fourth-order valence-electron chi connectivity index (χ4n) is 11.5. The minimum atomic E-state index is -4.96. The van der Waals surface area contributed by atoms with Crippen molar-refractivity contribution in [1.29, 1.82) is 0 Å². The molecule has 0 saturated carbocycles. The molecule has 0 aliphatic rings. The summed E-state index contributed by atoms with van der Waals surface area (Å²) in [6.07, 6.45) is 54.1. The lowest BCUT2D eigenvalue weighted by molar-refractivity contribution is -0.161. The number of phosphoric ester groups is 2. The lowest BCUT2D eigenvalue weighted by Crippen LogP contribution is -2.30. The normalized spacial score (nSPS) is 14.0. The Hall–Kier alpha value is -1.94. The van der Waals surface area contributed by atoms with Gasteiger partial charge in [0.2, 0.25) is 0 Å². The highest BCUT2D eigenvalue weighted by Crippen LogP contribution is 2.45. The fraction of sp³-hybridized carbons (Fsp3) is 0.947. The van der Waals surface area contributed by atoms with E-state index < -0.39 is 97.5 Å². The molecule has 19 heteroatoms. The molecule has 5 atom stereocenters. The van der Waals surface area contributed by atoms with Gasteiger partial charge in [0.25, 0.3) is 0 Å². The van der Waals surface area contributed by atoms with Crippen LogP contribution in [0.1, 0.15) is 388 Å². The summed E-state index contributed by atoms with van der Waals surface area (Å²) in [6, 6.07) is 0. The molecule has 558 valence electrons. The lowest BCUT2D eigenvalue weighted by atomic mass is 10.0. The zero-order valence-electron chi connectivity index (χ0n) is 61.3. The van der Waals surface area contributed by atoms with E-state index >= 15 is 0 Å². The third kappa shape index (κ3) is 68.6. The van der Waals surface area contributed by atoms with Gasteiger partial charge in [-0.2, -0.15) is 0 Å². The third-order valence-electron chi connectivity index (χ3n) is 17.5. The smallest absolute Gasteiger partial charge is 0.462 e. The Kier molecular flexibility index (Phi) is 65.5. The number of ether oxygens (including phenoxy) is 4. The Bertz CT molecular complexity index is 1820. The highest BCUT2D eigenvalue weighted by Gasteiger charge is 2.30. The van der Waals surface area contributed by atoms with Crippen LogP contribution in [0.3, 0.4) is 0 Å². The number of carbonyl (C=O) groups is 4. The van der Waals surface area contributed by atoms with Gasteiger partial charge in [0.1, 0.15) is 19.3 Å². The van der Waals surface area contributed by atoms with Crippen molar-refractivity contribution in [3.05, 3.63) is 0 Å². The Morgan fingerprint density at radius 2 is 0.489 bits per heavy atom. The predicted octanol–water partition coefficient (Wildman–Crippen LogP) is 21.9. The molecular weight excluding hydrogens is 1230 g/mol. The number of phosphoric acid groups is 2. The maximum Gasteiger partial charge on any atom is 0.472 e. The topological polar surface area (TPSA) is 237 Å². The number of unbranched alkanes of at least 4 members (excludes halogenated alkanes) is 44. The number of aliphatic hydroxyl groups excluding tert-OH is 1. The van der Waals surface area contributed by atoms with E-state index in [9.17, 15) is 43.2 Å². The summed E-state index contributed by atoms with van der Waals surface area (Å²) in [6.45, 7) is 9.57. The van der Waals surface area contributed by atoms with E-state index in [4.69, 9.17) is 37.0 Å². The van der Waals surface area contributed by atoms with Crippen molar-refractivity contribution in [2.24, 2.45) is 11.8 Å². The van der Waals surface area contributed by atoms with E-state index in [1.165, 1.54) is 205 Å². The van der Waals surface area contributed by atoms with Gasteiger partial charge in [-0.3, -0.25) is 37.3 Å². The summed E-state index contributed by atoms with van der Waals surface area (Å²) >= 11 is 0. The molecule has 94 heavy (non-hydrogen) atoms. The van der Waals surface area contributed by atoms with Crippen LogP contribution in [0.25, 0.3) is 0 Å². The molecule has 3 N–H and O–H groups in total. The fourth-order valence-corrected chi connectivity index (χ4v) is 13.1. The van der Waals surface area contributed by atoms with Crippen LogP contribution in [0.5, 0.6) is 0 Å². The van der Waals surface area contributed by atoms with Gasteiger partial charge in [-0.05, 0) is 37.5 Å². The highest BCUT2D eigenvalue weighted by molar-refractivity contribution is 7.47. The molecule has 2 unspecified atom stereocenters. The van der Waals surface area contributed by atoms with E-state index in [1.807, 2.05) is 0 Å². The van der Waals surface area contributed by atoms with E-state index in [1.54, 1.807) is 0 Å². The van der Waals surface area contributed by atoms with Gasteiger partial charge in [0.15, 0.2) is 12.2 Å². The Morgan fingerprint density at radius 3 is 0.723 bits per heavy atom. The number of hydrogen-bond acceptors (Lipinski definition) is 15. The van der Waals surface area contributed by atoms with Crippen molar-refractivity contribution in [1.82, 2.24) is 0 Å². The van der Waals surface area contributed by atoms with E-state index in [0.29, 0.717) is 25.7 Å². The van der Waals surface area contributed by atoms with Crippen molar-refractivity contribution in [2.75, 3.05) is 39.6 Å². The van der Waals surface area contributed by atoms with Crippen molar-refractivity contribution >= 4 is 39.5 Å². The Balaban J connectivity index is 5.23. The molecule has 0 fully saturated rings. The minimum absolute atomic E-state index is 0.105. The molecule has 0 aliphatic carbocycles. The molecule has 0 heterocycles. The number of aliphatic hydroxyl groups is 1. The maximum atomic E-state index is 13.1. The Labute approximate surface area is 575 Å². The summed E-state index contributed by atoms with van der Waals surface area (Å²) in [5.41, 5.74) is 0. The molecule has 0 amide bonds. The first kappa shape index (κ1) is 92.1. The molecule has 0 aromatic rings. The zero-order valence-corrected chi connectivity index (χ0v) is 63.1. The van der Waals surface area contributed by atoms with Crippen LogP contribution in [-0.4, -0.2) is 96.7 Å². The number of hydrogen-bond donors (Lipinski definition) is 3. The standard InChI is InChI=1S/C75H146O17P2/c1-7-9-11-13-15-17-18-19-20-21-22-25-29-35-41-47-53-59-74(79)91-71(64-86-73(78)58-52-46-40-34-28-26-23-24-27-32-37-43-49-55-67(3)4)66-90-94(83,84)88-62-69(76)61-87-93(81,82)89-65-70(63-85-72(77)57-51-45-39-31-16-14-12-10-8-2)92-75(80)60-54-48-42-36-30-33-38-44-50-56-68(5)6/h67-71,76H,7-66H2,1-6H3,(H,81,82)(H,83,84)/t69-,70+,71+/m0/s1. The summed E-state index contributed by atoms with van der Waals surface area (Å²) in [4.78, 5) is 72.7. The molecule has 0 aliphatic heterocycles.